The number of rotatable bonds is 4. The van der Waals surface area contributed by atoms with E-state index in [2.05, 4.69) is 10.1 Å². The van der Waals surface area contributed by atoms with Gasteiger partial charge in [-0.25, -0.2) is 0 Å². The molecule has 2 aromatic carbocycles. The summed E-state index contributed by atoms with van der Waals surface area (Å²) in [5.41, 5.74) is 1.71. The van der Waals surface area contributed by atoms with E-state index in [-0.39, 0.29) is 5.91 Å². The number of hydrogen-bond acceptors (Lipinski definition) is 7. The van der Waals surface area contributed by atoms with Gasteiger partial charge in [0.25, 0.3) is 5.91 Å². The topological polar surface area (TPSA) is 80.9 Å². The van der Waals surface area contributed by atoms with Crippen LogP contribution in [0, 0.1) is 0 Å². The van der Waals surface area contributed by atoms with Crippen molar-refractivity contribution in [2.75, 3.05) is 37.7 Å². The molecular formula is C22H21ClN4O4. The van der Waals surface area contributed by atoms with E-state index in [1.165, 1.54) is 0 Å². The molecule has 1 amide bonds. The fourth-order valence-electron chi connectivity index (χ4n) is 3.77. The summed E-state index contributed by atoms with van der Waals surface area (Å²) in [6.45, 7) is 3.02. The number of hydrogen-bond donors (Lipinski definition) is 0. The normalized spacial score (nSPS) is 18.4. The van der Waals surface area contributed by atoms with Gasteiger partial charge in [-0.3, -0.25) is 4.79 Å². The van der Waals surface area contributed by atoms with Crippen LogP contribution >= 0.6 is 11.6 Å². The first-order chi connectivity index (χ1) is 15.2. The van der Waals surface area contributed by atoms with E-state index in [1.54, 1.807) is 17.0 Å². The first kappa shape index (κ1) is 19.8. The quantitative estimate of drug-likeness (QED) is 0.616. The fourth-order valence-corrected chi connectivity index (χ4v) is 3.90. The van der Waals surface area contributed by atoms with Crippen molar-refractivity contribution in [3.63, 3.8) is 0 Å². The van der Waals surface area contributed by atoms with Gasteiger partial charge in [0, 0.05) is 23.7 Å². The van der Waals surface area contributed by atoms with Crippen molar-refractivity contribution in [2.24, 2.45) is 0 Å². The van der Waals surface area contributed by atoms with Crippen LogP contribution < -0.4 is 9.64 Å². The summed E-state index contributed by atoms with van der Waals surface area (Å²) in [7, 11) is 0. The smallest absolute Gasteiger partial charge is 0.265 e. The van der Waals surface area contributed by atoms with Crippen LogP contribution in [0.2, 0.25) is 5.02 Å². The van der Waals surface area contributed by atoms with Crippen molar-refractivity contribution in [1.82, 2.24) is 15.0 Å². The van der Waals surface area contributed by atoms with Crippen LogP contribution in [0.5, 0.6) is 5.75 Å². The summed E-state index contributed by atoms with van der Waals surface area (Å²) in [5, 5.41) is 4.74. The average Bonchev–Trinajstić information content (AvgIpc) is 3.28. The van der Waals surface area contributed by atoms with Crippen LogP contribution in [-0.4, -0.2) is 59.9 Å². The lowest BCUT2D eigenvalue weighted by Crippen LogP contribution is -2.52. The third-order valence-corrected chi connectivity index (χ3v) is 5.61. The predicted octanol–water partition coefficient (Wildman–Crippen LogP) is 3.02. The minimum absolute atomic E-state index is 0.0322. The molecule has 0 unspecified atom stereocenters. The predicted molar refractivity (Wildman–Crippen MR) is 114 cm³/mol. The molecule has 0 saturated carbocycles. The van der Waals surface area contributed by atoms with Crippen molar-refractivity contribution in [1.29, 1.82) is 0 Å². The van der Waals surface area contributed by atoms with Crippen LogP contribution in [0.1, 0.15) is 5.89 Å². The molecule has 0 bridgehead atoms. The van der Waals surface area contributed by atoms with Gasteiger partial charge < -0.3 is 23.8 Å². The van der Waals surface area contributed by atoms with Gasteiger partial charge >= 0.3 is 0 Å². The van der Waals surface area contributed by atoms with Gasteiger partial charge in [0.15, 0.2) is 6.10 Å². The minimum Gasteiger partial charge on any atom is -0.477 e. The lowest BCUT2D eigenvalue weighted by molar-refractivity contribution is -0.142. The highest BCUT2D eigenvalue weighted by atomic mass is 35.5. The van der Waals surface area contributed by atoms with Crippen molar-refractivity contribution < 1.29 is 18.8 Å². The number of halogens is 1. The van der Waals surface area contributed by atoms with E-state index < -0.39 is 6.10 Å². The number of fused-ring (bicyclic) bond motifs is 1. The molecule has 5 rings (SSSR count). The second-order valence-electron chi connectivity index (χ2n) is 7.41. The SMILES string of the molecule is O=C([C@H]1CN(Cc2nc(-c3ccc(Cl)cc3)no2)c2ccccc2O1)N1CCOCC1. The van der Waals surface area contributed by atoms with E-state index in [0.717, 1.165) is 11.3 Å². The molecule has 0 aliphatic carbocycles. The highest BCUT2D eigenvalue weighted by Crippen LogP contribution is 2.34. The monoisotopic (exact) mass is 440 g/mol. The number of nitrogens with zero attached hydrogens (tertiary/aromatic N) is 4. The molecule has 31 heavy (non-hydrogen) atoms. The molecule has 8 nitrogen and oxygen atoms in total. The van der Waals surface area contributed by atoms with E-state index in [0.29, 0.717) is 61.9 Å². The number of para-hydroxylation sites is 2. The maximum Gasteiger partial charge on any atom is 0.265 e. The number of anilines is 1. The number of carbonyl (C=O) groups is 1. The van der Waals surface area contributed by atoms with Crippen LogP contribution in [0.4, 0.5) is 5.69 Å². The largest absolute Gasteiger partial charge is 0.477 e. The highest BCUT2D eigenvalue weighted by Gasteiger charge is 2.34. The molecule has 160 valence electrons. The van der Waals surface area contributed by atoms with Crippen LogP contribution in [0.15, 0.2) is 53.1 Å². The van der Waals surface area contributed by atoms with Crippen molar-refractivity contribution in [3.05, 3.63) is 59.4 Å². The summed E-state index contributed by atoms with van der Waals surface area (Å²) in [5.74, 6) is 1.58. The Morgan fingerprint density at radius 2 is 1.87 bits per heavy atom. The Morgan fingerprint density at radius 3 is 2.68 bits per heavy atom. The Labute approximate surface area is 184 Å². The third kappa shape index (κ3) is 4.22. The summed E-state index contributed by atoms with van der Waals surface area (Å²) in [6.07, 6.45) is -0.605. The van der Waals surface area contributed by atoms with Crippen LogP contribution in [-0.2, 0) is 16.1 Å². The molecule has 3 heterocycles. The molecule has 0 spiro atoms. The molecule has 1 fully saturated rings. The molecule has 2 aliphatic rings. The van der Waals surface area contributed by atoms with E-state index in [1.807, 2.05) is 41.3 Å². The van der Waals surface area contributed by atoms with Crippen molar-refractivity contribution in [3.8, 4) is 17.1 Å². The third-order valence-electron chi connectivity index (χ3n) is 5.36. The molecular weight excluding hydrogens is 420 g/mol. The van der Waals surface area contributed by atoms with Crippen molar-refractivity contribution in [2.45, 2.75) is 12.6 Å². The average molecular weight is 441 g/mol. The van der Waals surface area contributed by atoms with Crippen LogP contribution in [0.25, 0.3) is 11.4 Å². The molecule has 3 aromatic rings. The van der Waals surface area contributed by atoms with E-state index in [9.17, 15) is 4.79 Å². The van der Waals surface area contributed by atoms with Crippen molar-refractivity contribution >= 4 is 23.2 Å². The second kappa shape index (κ2) is 8.56. The van der Waals surface area contributed by atoms with E-state index in [4.69, 9.17) is 25.6 Å². The Kier molecular flexibility index (Phi) is 5.48. The summed E-state index contributed by atoms with van der Waals surface area (Å²) in [4.78, 5) is 21.4. The standard InChI is InChI=1S/C22H21ClN4O4/c23-16-7-5-15(6-8-16)21-24-20(31-25-21)14-27-13-19(22(28)26-9-11-29-12-10-26)30-18-4-2-1-3-17(18)27/h1-8,19H,9-14H2/t19-/m1/s1. The van der Waals surface area contributed by atoms with Gasteiger partial charge in [0.05, 0.1) is 32.0 Å². The molecule has 1 aromatic heterocycles. The Hall–Kier alpha value is -3.10. The Balaban J connectivity index is 1.36. The zero-order chi connectivity index (χ0) is 21.2. The fraction of sp³-hybridized carbons (Fsp3) is 0.318. The van der Waals surface area contributed by atoms with Gasteiger partial charge in [-0.1, -0.05) is 28.9 Å². The maximum atomic E-state index is 13.0. The first-order valence-electron chi connectivity index (χ1n) is 10.1. The Bertz CT molecular complexity index is 1070. The zero-order valence-corrected chi connectivity index (χ0v) is 17.5. The molecule has 2 aliphatic heterocycles. The minimum atomic E-state index is -0.605. The molecule has 0 N–H and O–H groups in total. The van der Waals surface area contributed by atoms with Gasteiger partial charge in [-0.15, -0.1) is 0 Å². The summed E-state index contributed by atoms with van der Waals surface area (Å²) >= 11 is 5.96. The number of benzene rings is 2. The number of morpholine rings is 1. The Morgan fingerprint density at radius 1 is 1.10 bits per heavy atom. The molecule has 0 radical (unpaired) electrons. The first-order valence-corrected chi connectivity index (χ1v) is 10.5. The zero-order valence-electron chi connectivity index (χ0n) is 16.7. The maximum absolute atomic E-state index is 13.0. The number of aromatic nitrogens is 2. The summed E-state index contributed by atoms with van der Waals surface area (Å²) < 4.78 is 16.9. The lowest BCUT2D eigenvalue weighted by Gasteiger charge is -2.37. The van der Waals surface area contributed by atoms with Gasteiger partial charge in [0.1, 0.15) is 5.75 Å². The molecule has 1 saturated heterocycles. The number of carbonyl (C=O) groups excluding carboxylic acids is 1. The summed E-state index contributed by atoms with van der Waals surface area (Å²) in [6, 6.07) is 14.9. The molecule has 9 heteroatoms. The van der Waals surface area contributed by atoms with Crippen LogP contribution in [0.3, 0.4) is 0 Å². The highest BCUT2D eigenvalue weighted by molar-refractivity contribution is 6.30. The molecule has 1 atom stereocenters. The van der Waals surface area contributed by atoms with Gasteiger partial charge in [-0.2, -0.15) is 4.98 Å². The number of ether oxygens (including phenoxy) is 2. The second-order valence-corrected chi connectivity index (χ2v) is 7.85. The number of amides is 1. The van der Waals surface area contributed by atoms with Gasteiger partial charge in [0.2, 0.25) is 11.7 Å². The van der Waals surface area contributed by atoms with E-state index >= 15 is 0 Å². The van der Waals surface area contributed by atoms with Gasteiger partial charge in [-0.05, 0) is 36.4 Å². The lowest BCUT2D eigenvalue weighted by atomic mass is 10.1.